The van der Waals surface area contributed by atoms with Crippen molar-refractivity contribution in [3.05, 3.63) is 83.0 Å². The third kappa shape index (κ3) is 4.84. The summed E-state index contributed by atoms with van der Waals surface area (Å²) in [5, 5.41) is 7.54. The molecule has 0 fully saturated rings. The lowest BCUT2D eigenvalue weighted by Crippen LogP contribution is -2.26. The summed E-state index contributed by atoms with van der Waals surface area (Å²) in [6.45, 7) is 8.05. The average Bonchev–Trinajstić information content (AvgIpc) is 3.05. The Bertz CT molecular complexity index is 1270. The van der Waals surface area contributed by atoms with Gasteiger partial charge in [-0.25, -0.2) is 4.68 Å². The highest BCUT2D eigenvalue weighted by atomic mass is 35.5. The zero-order valence-electron chi connectivity index (χ0n) is 18.6. The summed E-state index contributed by atoms with van der Waals surface area (Å²) in [6.07, 6.45) is 0.181. The zero-order chi connectivity index (χ0) is 22.9. The number of rotatable bonds is 5. The molecule has 4 aromatic rings. The van der Waals surface area contributed by atoms with Crippen molar-refractivity contribution in [3.63, 3.8) is 0 Å². The third-order valence-corrected chi connectivity index (χ3v) is 6.49. The van der Waals surface area contributed by atoms with Gasteiger partial charge in [0.15, 0.2) is 0 Å². The summed E-state index contributed by atoms with van der Waals surface area (Å²) >= 11 is 7.55. The van der Waals surface area contributed by atoms with Gasteiger partial charge >= 0.3 is 5.97 Å². The number of carbonyl (C=O) groups is 1. The number of esters is 1. The van der Waals surface area contributed by atoms with E-state index in [0.717, 1.165) is 31.8 Å². The molecule has 0 aliphatic carbocycles. The topological polar surface area (TPSA) is 44.1 Å². The molecule has 0 amide bonds. The Morgan fingerprint density at radius 2 is 1.72 bits per heavy atom. The van der Waals surface area contributed by atoms with Crippen molar-refractivity contribution in [1.82, 2.24) is 9.78 Å². The Morgan fingerprint density at radius 3 is 2.44 bits per heavy atom. The van der Waals surface area contributed by atoms with E-state index in [-0.39, 0.29) is 17.9 Å². The van der Waals surface area contributed by atoms with Crippen molar-refractivity contribution in [2.45, 2.75) is 49.4 Å². The molecule has 0 unspecified atom stereocenters. The molecule has 0 N–H and O–H groups in total. The first-order chi connectivity index (χ1) is 15.2. The van der Waals surface area contributed by atoms with Gasteiger partial charge in [0.1, 0.15) is 0 Å². The molecule has 0 atom stereocenters. The minimum Gasteiger partial charge on any atom is -0.406 e. The fourth-order valence-corrected chi connectivity index (χ4v) is 4.56. The SMILES string of the molecule is Cc1nn(C(C)(C)C)c(OC(=O)Cc2cccc3ccccc23)c1Sc1ccc(Cl)cc1. The largest absolute Gasteiger partial charge is 0.406 e. The average molecular weight is 465 g/mol. The number of halogens is 1. The number of fused-ring (bicyclic) bond motifs is 1. The number of carbonyl (C=O) groups excluding carboxylic acids is 1. The molecule has 32 heavy (non-hydrogen) atoms. The van der Waals surface area contributed by atoms with Gasteiger partial charge in [-0.15, -0.1) is 0 Å². The maximum Gasteiger partial charge on any atom is 0.317 e. The molecule has 1 heterocycles. The van der Waals surface area contributed by atoms with Crippen molar-refractivity contribution < 1.29 is 9.53 Å². The van der Waals surface area contributed by atoms with E-state index in [9.17, 15) is 4.79 Å². The van der Waals surface area contributed by atoms with Crippen LogP contribution in [0, 0.1) is 6.92 Å². The van der Waals surface area contributed by atoms with Crippen LogP contribution in [-0.4, -0.2) is 15.7 Å². The van der Waals surface area contributed by atoms with Crippen molar-refractivity contribution >= 4 is 40.1 Å². The number of nitrogens with zero attached hydrogens (tertiary/aromatic N) is 2. The highest BCUT2D eigenvalue weighted by Crippen LogP contribution is 2.40. The van der Waals surface area contributed by atoms with Crippen molar-refractivity contribution in [1.29, 1.82) is 0 Å². The minimum absolute atomic E-state index is 0.181. The molecule has 0 saturated carbocycles. The Morgan fingerprint density at radius 1 is 1.03 bits per heavy atom. The number of aromatic nitrogens is 2. The van der Waals surface area contributed by atoms with Gasteiger partial charge in [-0.05, 0) is 68.3 Å². The van der Waals surface area contributed by atoms with Gasteiger partial charge in [0, 0.05) is 9.92 Å². The van der Waals surface area contributed by atoms with Crippen LogP contribution < -0.4 is 4.74 Å². The predicted octanol–water partition coefficient (Wildman–Crippen LogP) is 7.05. The molecule has 0 bridgehead atoms. The maximum absolute atomic E-state index is 13.1. The standard InChI is InChI=1S/C26H25ClN2O2S/c1-17-24(32-21-14-12-20(27)13-15-21)25(29(28-17)26(2,3)4)31-23(30)16-19-10-7-9-18-8-5-6-11-22(18)19/h5-15H,16H2,1-4H3. The van der Waals surface area contributed by atoms with Crippen molar-refractivity contribution in [3.8, 4) is 5.88 Å². The van der Waals surface area contributed by atoms with Crippen LogP contribution in [0.4, 0.5) is 0 Å². The van der Waals surface area contributed by atoms with Crippen LogP contribution in [-0.2, 0) is 16.8 Å². The van der Waals surface area contributed by atoms with E-state index in [2.05, 4.69) is 0 Å². The first kappa shape index (κ1) is 22.4. The van der Waals surface area contributed by atoms with Gasteiger partial charge in [-0.2, -0.15) is 5.10 Å². The van der Waals surface area contributed by atoms with Gasteiger partial charge in [0.2, 0.25) is 5.88 Å². The lowest BCUT2D eigenvalue weighted by molar-refractivity contribution is -0.134. The Balaban J connectivity index is 1.66. The van der Waals surface area contributed by atoms with Gasteiger partial charge in [0.25, 0.3) is 0 Å². The lowest BCUT2D eigenvalue weighted by atomic mass is 10.0. The van der Waals surface area contributed by atoms with Gasteiger partial charge in [-0.3, -0.25) is 4.79 Å². The molecule has 4 rings (SSSR count). The highest BCUT2D eigenvalue weighted by Gasteiger charge is 2.27. The van der Waals surface area contributed by atoms with E-state index in [4.69, 9.17) is 21.4 Å². The lowest BCUT2D eigenvalue weighted by Gasteiger charge is -2.22. The number of aryl methyl sites for hydroxylation is 1. The molecule has 1 aromatic heterocycles. The summed E-state index contributed by atoms with van der Waals surface area (Å²) in [7, 11) is 0. The molecule has 4 nitrogen and oxygen atoms in total. The van der Waals surface area contributed by atoms with Gasteiger partial charge in [0.05, 0.1) is 22.5 Å². The summed E-state index contributed by atoms with van der Waals surface area (Å²) in [5.41, 5.74) is 1.41. The van der Waals surface area contributed by atoms with E-state index in [1.807, 2.05) is 94.4 Å². The van der Waals surface area contributed by atoms with E-state index in [0.29, 0.717) is 10.9 Å². The van der Waals surface area contributed by atoms with Crippen molar-refractivity contribution in [2.75, 3.05) is 0 Å². The summed E-state index contributed by atoms with van der Waals surface area (Å²) < 4.78 is 7.78. The number of hydrogen-bond donors (Lipinski definition) is 0. The Kier molecular flexibility index (Phi) is 6.31. The number of benzene rings is 3. The van der Waals surface area contributed by atoms with E-state index >= 15 is 0 Å². The highest BCUT2D eigenvalue weighted by molar-refractivity contribution is 7.99. The predicted molar refractivity (Wildman–Crippen MR) is 131 cm³/mol. The summed E-state index contributed by atoms with van der Waals surface area (Å²) in [6, 6.07) is 21.6. The fraction of sp³-hybridized carbons (Fsp3) is 0.231. The minimum atomic E-state index is -0.349. The molecule has 0 saturated heterocycles. The van der Waals surface area contributed by atoms with Crippen LogP contribution in [0.15, 0.2) is 76.5 Å². The summed E-state index contributed by atoms with van der Waals surface area (Å²) in [4.78, 5) is 14.9. The third-order valence-electron chi connectivity index (χ3n) is 5.06. The van der Waals surface area contributed by atoms with Gasteiger partial charge in [-0.1, -0.05) is 65.8 Å². The van der Waals surface area contributed by atoms with Crippen LogP contribution in [0.2, 0.25) is 5.02 Å². The molecule has 3 aromatic carbocycles. The van der Waals surface area contributed by atoms with Crippen LogP contribution in [0.3, 0.4) is 0 Å². The van der Waals surface area contributed by atoms with Crippen LogP contribution in [0.25, 0.3) is 10.8 Å². The van der Waals surface area contributed by atoms with Crippen LogP contribution >= 0.6 is 23.4 Å². The fourth-order valence-electron chi connectivity index (χ4n) is 3.52. The Hall–Kier alpha value is -2.76. The second-order valence-electron chi connectivity index (χ2n) is 8.65. The second-order valence-corrected chi connectivity index (χ2v) is 10.2. The first-order valence-electron chi connectivity index (χ1n) is 10.4. The van der Waals surface area contributed by atoms with Crippen molar-refractivity contribution in [2.24, 2.45) is 0 Å². The smallest absolute Gasteiger partial charge is 0.317 e. The van der Waals surface area contributed by atoms with Gasteiger partial charge < -0.3 is 4.74 Å². The molecule has 164 valence electrons. The van der Waals surface area contributed by atoms with E-state index in [1.165, 1.54) is 11.8 Å². The zero-order valence-corrected chi connectivity index (χ0v) is 20.1. The number of hydrogen-bond acceptors (Lipinski definition) is 4. The monoisotopic (exact) mass is 464 g/mol. The molecule has 0 spiro atoms. The van der Waals surface area contributed by atoms with Crippen LogP contribution in [0.5, 0.6) is 5.88 Å². The molecular weight excluding hydrogens is 440 g/mol. The molecule has 0 radical (unpaired) electrons. The van der Waals surface area contributed by atoms with E-state index in [1.54, 1.807) is 4.68 Å². The Labute approximate surface area is 197 Å². The molecule has 0 aliphatic heterocycles. The summed E-state index contributed by atoms with van der Waals surface area (Å²) in [5.74, 6) is 0.157. The normalized spacial score (nSPS) is 11.7. The molecule has 6 heteroatoms. The maximum atomic E-state index is 13.1. The first-order valence-corrected chi connectivity index (χ1v) is 11.6. The van der Waals surface area contributed by atoms with E-state index < -0.39 is 0 Å². The molecular formula is C26H25ClN2O2S. The molecule has 0 aliphatic rings. The number of ether oxygens (including phenoxy) is 1. The second kappa shape index (κ2) is 9.00. The quantitative estimate of drug-likeness (QED) is 0.297. The van der Waals surface area contributed by atoms with Crippen LogP contribution in [0.1, 0.15) is 32.0 Å².